The Bertz CT molecular complexity index is 102. The third-order valence-corrected chi connectivity index (χ3v) is 2.28. The normalized spacial score (nSPS) is 40.8. The van der Waals surface area contributed by atoms with Gasteiger partial charge in [0.15, 0.2) is 6.29 Å². The molecule has 0 aromatic heterocycles. The van der Waals surface area contributed by atoms with E-state index in [0.29, 0.717) is 6.10 Å². The van der Waals surface area contributed by atoms with Crippen LogP contribution >= 0.6 is 0 Å². The Hall–Kier alpha value is -0.0800. The molecule has 2 aliphatic rings. The molecule has 2 fully saturated rings. The Labute approximate surface area is 61.5 Å². The maximum Gasteiger partial charge on any atom is 0.157 e. The highest BCUT2D eigenvalue weighted by atomic mass is 16.7. The fourth-order valence-electron chi connectivity index (χ4n) is 1.72. The van der Waals surface area contributed by atoms with Crippen molar-refractivity contribution >= 4 is 0 Å². The largest absolute Gasteiger partial charge is 0.353 e. The predicted molar refractivity (Wildman–Crippen MR) is 37.7 cm³/mol. The number of rotatable bonds is 0. The highest BCUT2D eigenvalue weighted by Crippen LogP contribution is 2.25. The summed E-state index contributed by atoms with van der Waals surface area (Å²) < 4.78 is 11.1. The zero-order valence-electron chi connectivity index (χ0n) is 6.21. The fraction of sp³-hybridized carbons (Fsp3) is 1.00. The van der Waals surface area contributed by atoms with Crippen LogP contribution in [0.4, 0.5) is 0 Å². The number of hydrogen-bond acceptors (Lipinski definition) is 2. The third kappa shape index (κ3) is 1.32. The second-order valence-corrected chi connectivity index (χ2v) is 3.13. The van der Waals surface area contributed by atoms with Crippen LogP contribution in [0.3, 0.4) is 0 Å². The van der Waals surface area contributed by atoms with Crippen LogP contribution < -0.4 is 0 Å². The van der Waals surface area contributed by atoms with Crippen molar-refractivity contribution in [3.63, 3.8) is 0 Å². The van der Waals surface area contributed by atoms with Gasteiger partial charge in [0.2, 0.25) is 0 Å². The molecule has 0 radical (unpaired) electrons. The van der Waals surface area contributed by atoms with Gasteiger partial charge in [0.05, 0.1) is 6.10 Å². The molecule has 2 heterocycles. The van der Waals surface area contributed by atoms with Gasteiger partial charge in [0, 0.05) is 6.61 Å². The number of hydrogen-bond donors (Lipinski definition) is 0. The van der Waals surface area contributed by atoms with Crippen LogP contribution in [-0.2, 0) is 9.47 Å². The molecular formula is C8H14O2. The van der Waals surface area contributed by atoms with E-state index in [2.05, 4.69) is 0 Å². The van der Waals surface area contributed by atoms with Crippen LogP contribution in [0, 0.1) is 0 Å². The van der Waals surface area contributed by atoms with Crippen LogP contribution in [-0.4, -0.2) is 19.0 Å². The maximum atomic E-state index is 5.62. The molecule has 0 saturated carbocycles. The van der Waals surface area contributed by atoms with E-state index >= 15 is 0 Å². The number of fused-ring (bicyclic) bond motifs is 2. The summed E-state index contributed by atoms with van der Waals surface area (Å²) in [6.07, 6.45) is 6.69. The lowest BCUT2D eigenvalue weighted by Gasteiger charge is -2.26. The van der Waals surface area contributed by atoms with Crippen molar-refractivity contribution in [2.45, 2.75) is 44.5 Å². The lowest BCUT2D eigenvalue weighted by molar-refractivity contribution is -0.176. The van der Waals surface area contributed by atoms with Crippen molar-refractivity contribution in [2.75, 3.05) is 6.61 Å². The van der Waals surface area contributed by atoms with Crippen molar-refractivity contribution in [1.82, 2.24) is 0 Å². The first-order valence-corrected chi connectivity index (χ1v) is 4.22. The molecule has 0 amide bonds. The summed E-state index contributed by atoms with van der Waals surface area (Å²) in [6.45, 7) is 0.904. The van der Waals surface area contributed by atoms with E-state index < -0.39 is 0 Å². The third-order valence-electron chi connectivity index (χ3n) is 2.28. The molecule has 0 aliphatic carbocycles. The average Bonchev–Trinajstić information content (AvgIpc) is 2.12. The fourth-order valence-corrected chi connectivity index (χ4v) is 1.72. The first-order chi connectivity index (χ1) is 4.95. The monoisotopic (exact) mass is 142 g/mol. The zero-order chi connectivity index (χ0) is 6.81. The molecular weight excluding hydrogens is 128 g/mol. The Balaban J connectivity index is 1.96. The smallest absolute Gasteiger partial charge is 0.157 e. The van der Waals surface area contributed by atoms with Gasteiger partial charge < -0.3 is 9.47 Å². The van der Waals surface area contributed by atoms with E-state index in [1.807, 2.05) is 0 Å². The summed E-state index contributed by atoms with van der Waals surface area (Å²) >= 11 is 0. The molecule has 58 valence electrons. The van der Waals surface area contributed by atoms with Gasteiger partial charge in [-0.25, -0.2) is 0 Å². The van der Waals surface area contributed by atoms with Crippen LogP contribution in [0.15, 0.2) is 0 Å². The lowest BCUT2D eigenvalue weighted by atomic mass is 10.1. The van der Waals surface area contributed by atoms with Gasteiger partial charge in [0.1, 0.15) is 0 Å². The molecule has 0 aromatic carbocycles. The van der Waals surface area contributed by atoms with E-state index in [-0.39, 0.29) is 6.29 Å². The second kappa shape index (κ2) is 2.89. The SMILES string of the molecule is C1COC2CCCC(C1)O2. The first kappa shape index (κ1) is 6.62. The quantitative estimate of drug-likeness (QED) is 0.512. The van der Waals surface area contributed by atoms with Crippen molar-refractivity contribution in [3.8, 4) is 0 Å². The Morgan fingerprint density at radius 3 is 2.90 bits per heavy atom. The summed E-state index contributed by atoms with van der Waals surface area (Å²) in [7, 11) is 0. The van der Waals surface area contributed by atoms with Crippen molar-refractivity contribution in [1.29, 1.82) is 0 Å². The van der Waals surface area contributed by atoms with E-state index in [1.165, 1.54) is 25.7 Å². The minimum absolute atomic E-state index is 0.140. The molecule has 0 spiro atoms. The van der Waals surface area contributed by atoms with Crippen LogP contribution in [0.25, 0.3) is 0 Å². The van der Waals surface area contributed by atoms with Crippen molar-refractivity contribution in [2.24, 2.45) is 0 Å². The summed E-state index contributed by atoms with van der Waals surface area (Å²) in [5, 5.41) is 0. The van der Waals surface area contributed by atoms with Gasteiger partial charge in [-0.3, -0.25) is 0 Å². The standard InChI is InChI=1S/C8H14O2/c1-3-7-4-2-6-9-8(5-1)10-7/h7-8H,1-6H2. The Morgan fingerprint density at radius 1 is 1.00 bits per heavy atom. The number of ether oxygens (including phenoxy) is 2. The molecule has 2 heteroatoms. The van der Waals surface area contributed by atoms with Crippen molar-refractivity contribution < 1.29 is 9.47 Å². The van der Waals surface area contributed by atoms with Gasteiger partial charge in [-0.05, 0) is 32.1 Å². The summed E-state index contributed by atoms with van der Waals surface area (Å²) in [5.74, 6) is 0. The minimum Gasteiger partial charge on any atom is -0.353 e. The molecule has 2 rings (SSSR count). The highest BCUT2D eigenvalue weighted by Gasteiger charge is 2.24. The summed E-state index contributed by atoms with van der Waals surface area (Å²) in [6, 6.07) is 0. The Kier molecular flexibility index (Phi) is 1.91. The Morgan fingerprint density at radius 2 is 1.90 bits per heavy atom. The van der Waals surface area contributed by atoms with Crippen LogP contribution in [0.5, 0.6) is 0 Å². The molecule has 2 saturated heterocycles. The molecule has 2 aliphatic heterocycles. The topological polar surface area (TPSA) is 18.5 Å². The van der Waals surface area contributed by atoms with Gasteiger partial charge in [0.25, 0.3) is 0 Å². The minimum atomic E-state index is 0.140. The highest BCUT2D eigenvalue weighted by molar-refractivity contribution is 4.68. The maximum absolute atomic E-state index is 5.62. The van der Waals surface area contributed by atoms with Gasteiger partial charge in [-0.15, -0.1) is 0 Å². The predicted octanol–water partition coefficient (Wildman–Crippen LogP) is 1.69. The molecule has 2 unspecified atom stereocenters. The second-order valence-electron chi connectivity index (χ2n) is 3.13. The lowest BCUT2D eigenvalue weighted by Crippen LogP contribution is -2.26. The molecule has 2 atom stereocenters. The van der Waals surface area contributed by atoms with Gasteiger partial charge in [-0.2, -0.15) is 0 Å². The van der Waals surface area contributed by atoms with E-state index in [4.69, 9.17) is 9.47 Å². The van der Waals surface area contributed by atoms with E-state index in [1.54, 1.807) is 0 Å². The van der Waals surface area contributed by atoms with E-state index in [0.717, 1.165) is 13.0 Å². The molecule has 10 heavy (non-hydrogen) atoms. The molecule has 0 N–H and O–H groups in total. The zero-order valence-corrected chi connectivity index (χ0v) is 6.21. The summed E-state index contributed by atoms with van der Waals surface area (Å²) in [4.78, 5) is 0. The first-order valence-electron chi connectivity index (χ1n) is 4.22. The molecule has 2 bridgehead atoms. The average molecular weight is 142 g/mol. The van der Waals surface area contributed by atoms with Crippen molar-refractivity contribution in [3.05, 3.63) is 0 Å². The van der Waals surface area contributed by atoms with Gasteiger partial charge in [-0.1, -0.05) is 0 Å². The van der Waals surface area contributed by atoms with Crippen LogP contribution in [0.1, 0.15) is 32.1 Å². The van der Waals surface area contributed by atoms with Gasteiger partial charge >= 0.3 is 0 Å². The van der Waals surface area contributed by atoms with Crippen LogP contribution in [0.2, 0.25) is 0 Å². The molecule has 0 aromatic rings. The summed E-state index contributed by atoms with van der Waals surface area (Å²) in [5.41, 5.74) is 0. The van der Waals surface area contributed by atoms with E-state index in [9.17, 15) is 0 Å². The molecule has 2 nitrogen and oxygen atoms in total.